The van der Waals surface area contributed by atoms with Crippen molar-refractivity contribution in [1.82, 2.24) is 0 Å². The van der Waals surface area contributed by atoms with Gasteiger partial charge in [-0.2, -0.15) is 0 Å². The molecule has 0 fully saturated rings. The zero-order valence-electron chi connectivity index (χ0n) is 17.9. The average Bonchev–Trinajstić information content (AvgIpc) is 2.80. The highest BCUT2D eigenvalue weighted by Gasteiger charge is 2.04. The second-order valence-electron chi connectivity index (χ2n) is 7.37. The minimum Gasteiger partial charge on any atom is -0.497 e. The molecule has 3 aromatic rings. The smallest absolute Gasteiger partial charge is 0.118 e. The Labute approximate surface area is 180 Å². The van der Waals surface area contributed by atoms with Crippen LogP contribution in [0, 0.1) is 0 Å². The molecular formula is C27H31NO2. The summed E-state index contributed by atoms with van der Waals surface area (Å²) in [6, 6.07) is 27.7. The van der Waals surface area contributed by atoms with Gasteiger partial charge in [-0.1, -0.05) is 66.2 Å². The van der Waals surface area contributed by atoms with Crippen LogP contribution in [-0.2, 0) is 24.0 Å². The molecule has 3 rings (SSSR count). The van der Waals surface area contributed by atoms with Gasteiger partial charge in [0.05, 0.1) is 13.7 Å². The van der Waals surface area contributed by atoms with Crippen LogP contribution in [0.4, 0.5) is 5.69 Å². The van der Waals surface area contributed by atoms with Gasteiger partial charge in [-0.3, -0.25) is 0 Å². The van der Waals surface area contributed by atoms with E-state index in [4.69, 9.17) is 9.47 Å². The van der Waals surface area contributed by atoms with E-state index in [1.807, 2.05) is 12.1 Å². The van der Waals surface area contributed by atoms with Crippen LogP contribution in [0.5, 0.6) is 5.75 Å². The fourth-order valence-corrected chi connectivity index (χ4v) is 3.39. The van der Waals surface area contributed by atoms with E-state index >= 15 is 0 Å². The van der Waals surface area contributed by atoms with Gasteiger partial charge in [0, 0.05) is 19.3 Å². The van der Waals surface area contributed by atoms with Crippen LogP contribution in [0.25, 0.3) is 0 Å². The Kier molecular flexibility index (Phi) is 8.55. The zero-order valence-corrected chi connectivity index (χ0v) is 17.9. The SMILES string of the molecule is COCCNc1ccc(CC(=CCc2ccc(OC)cc2)Cc2ccccc2)cc1. The fourth-order valence-electron chi connectivity index (χ4n) is 3.39. The zero-order chi connectivity index (χ0) is 21.0. The molecule has 30 heavy (non-hydrogen) atoms. The third kappa shape index (κ3) is 7.09. The molecule has 3 aromatic carbocycles. The van der Waals surface area contributed by atoms with Crippen LogP contribution in [-0.4, -0.2) is 27.4 Å². The number of methoxy groups -OCH3 is 2. The van der Waals surface area contributed by atoms with Crippen LogP contribution >= 0.6 is 0 Å². The normalized spacial score (nSPS) is 11.3. The molecule has 0 saturated carbocycles. The maximum atomic E-state index is 5.27. The van der Waals surface area contributed by atoms with E-state index in [1.54, 1.807) is 14.2 Å². The highest BCUT2D eigenvalue weighted by Crippen LogP contribution is 2.18. The molecule has 0 aromatic heterocycles. The van der Waals surface area contributed by atoms with E-state index in [-0.39, 0.29) is 0 Å². The van der Waals surface area contributed by atoms with Crippen molar-refractivity contribution < 1.29 is 9.47 Å². The Morgan fingerprint density at radius 2 is 1.40 bits per heavy atom. The predicted molar refractivity (Wildman–Crippen MR) is 125 cm³/mol. The molecule has 0 radical (unpaired) electrons. The first-order valence-corrected chi connectivity index (χ1v) is 10.4. The number of hydrogen-bond acceptors (Lipinski definition) is 3. The number of anilines is 1. The van der Waals surface area contributed by atoms with E-state index in [0.717, 1.165) is 37.2 Å². The van der Waals surface area contributed by atoms with Gasteiger partial charge < -0.3 is 14.8 Å². The topological polar surface area (TPSA) is 30.5 Å². The molecule has 0 bridgehead atoms. The number of hydrogen-bond donors (Lipinski definition) is 1. The lowest BCUT2D eigenvalue weighted by Gasteiger charge is -2.11. The van der Waals surface area contributed by atoms with Gasteiger partial charge in [-0.15, -0.1) is 0 Å². The highest BCUT2D eigenvalue weighted by molar-refractivity contribution is 5.45. The molecule has 0 heterocycles. The van der Waals surface area contributed by atoms with Crippen LogP contribution in [0.15, 0.2) is 90.5 Å². The lowest BCUT2D eigenvalue weighted by atomic mass is 9.96. The molecule has 0 aliphatic carbocycles. The first kappa shape index (κ1) is 21.7. The summed E-state index contributed by atoms with van der Waals surface area (Å²) in [5, 5.41) is 3.37. The first-order chi connectivity index (χ1) is 14.8. The van der Waals surface area contributed by atoms with Crippen molar-refractivity contribution >= 4 is 5.69 Å². The van der Waals surface area contributed by atoms with Gasteiger partial charge in [-0.05, 0) is 60.2 Å². The molecule has 156 valence electrons. The number of ether oxygens (including phenoxy) is 2. The van der Waals surface area contributed by atoms with E-state index < -0.39 is 0 Å². The molecular weight excluding hydrogens is 370 g/mol. The standard InChI is InChI=1S/C27H31NO2/c1-29-19-18-28-26-14-10-24(11-15-26)21-25(20-23-6-4-3-5-7-23)9-8-22-12-16-27(30-2)17-13-22/h3-7,9-17,28H,8,18-21H2,1-2H3. The van der Waals surface area contributed by atoms with Gasteiger partial charge in [0.1, 0.15) is 5.75 Å². The maximum absolute atomic E-state index is 5.27. The summed E-state index contributed by atoms with van der Waals surface area (Å²) >= 11 is 0. The van der Waals surface area contributed by atoms with E-state index in [0.29, 0.717) is 6.61 Å². The number of rotatable bonds is 11. The van der Waals surface area contributed by atoms with E-state index in [9.17, 15) is 0 Å². The number of nitrogens with one attached hydrogen (secondary N) is 1. The van der Waals surface area contributed by atoms with Crippen molar-refractivity contribution in [3.63, 3.8) is 0 Å². The third-order valence-corrected chi connectivity index (χ3v) is 5.08. The predicted octanol–water partition coefficient (Wildman–Crippen LogP) is 5.71. The van der Waals surface area contributed by atoms with Crippen molar-refractivity contribution in [3.8, 4) is 5.75 Å². The van der Waals surface area contributed by atoms with Gasteiger partial charge in [0.25, 0.3) is 0 Å². The molecule has 0 aliphatic heterocycles. The molecule has 0 saturated heterocycles. The number of benzene rings is 3. The van der Waals surface area contributed by atoms with Crippen molar-refractivity contribution in [1.29, 1.82) is 0 Å². The molecule has 3 nitrogen and oxygen atoms in total. The van der Waals surface area contributed by atoms with Crippen LogP contribution in [0.1, 0.15) is 16.7 Å². The Morgan fingerprint density at radius 1 is 0.767 bits per heavy atom. The van der Waals surface area contributed by atoms with Crippen molar-refractivity contribution in [3.05, 3.63) is 107 Å². The maximum Gasteiger partial charge on any atom is 0.118 e. The summed E-state index contributed by atoms with van der Waals surface area (Å²) in [7, 11) is 3.42. The average molecular weight is 402 g/mol. The minimum absolute atomic E-state index is 0.705. The summed E-state index contributed by atoms with van der Waals surface area (Å²) in [6.45, 7) is 1.52. The fraction of sp³-hybridized carbons (Fsp3) is 0.259. The Morgan fingerprint density at radius 3 is 2.03 bits per heavy atom. The lowest BCUT2D eigenvalue weighted by Crippen LogP contribution is -2.07. The van der Waals surface area contributed by atoms with Gasteiger partial charge in [-0.25, -0.2) is 0 Å². The molecule has 0 amide bonds. The van der Waals surface area contributed by atoms with Gasteiger partial charge in [0.15, 0.2) is 0 Å². The summed E-state index contributed by atoms with van der Waals surface area (Å²) in [5.41, 5.74) is 6.51. The van der Waals surface area contributed by atoms with Crippen LogP contribution in [0.2, 0.25) is 0 Å². The second kappa shape index (κ2) is 11.8. The Bertz CT molecular complexity index is 900. The van der Waals surface area contributed by atoms with E-state index in [2.05, 4.69) is 78.1 Å². The first-order valence-electron chi connectivity index (χ1n) is 10.4. The van der Waals surface area contributed by atoms with Crippen LogP contribution in [0.3, 0.4) is 0 Å². The molecule has 0 spiro atoms. The molecule has 3 heteroatoms. The van der Waals surface area contributed by atoms with Gasteiger partial charge in [0.2, 0.25) is 0 Å². The summed E-state index contributed by atoms with van der Waals surface area (Å²) in [5.74, 6) is 0.895. The van der Waals surface area contributed by atoms with E-state index in [1.165, 1.54) is 22.3 Å². The second-order valence-corrected chi connectivity index (χ2v) is 7.37. The summed E-state index contributed by atoms with van der Waals surface area (Å²) in [6.07, 6.45) is 5.20. The molecule has 0 aliphatic rings. The highest BCUT2D eigenvalue weighted by atomic mass is 16.5. The van der Waals surface area contributed by atoms with Gasteiger partial charge >= 0.3 is 0 Å². The molecule has 0 atom stereocenters. The number of allylic oxidation sites excluding steroid dienone is 2. The van der Waals surface area contributed by atoms with Crippen molar-refractivity contribution in [2.24, 2.45) is 0 Å². The molecule has 0 unspecified atom stereocenters. The summed E-state index contributed by atoms with van der Waals surface area (Å²) < 4.78 is 10.4. The van der Waals surface area contributed by atoms with Crippen molar-refractivity contribution in [2.45, 2.75) is 19.3 Å². The minimum atomic E-state index is 0.705. The quantitative estimate of drug-likeness (QED) is 0.330. The largest absolute Gasteiger partial charge is 0.497 e. The molecule has 1 N–H and O–H groups in total. The monoisotopic (exact) mass is 401 g/mol. The van der Waals surface area contributed by atoms with Crippen molar-refractivity contribution in [2.75, 3.05) is 32.7 Å². The Hall–Kier alpha value is -3.04. The Balaban J connectivity index is 1.70. The third-order valence-electron chi connectivity index (χ3n) is 5.08. The lowest BCUT2D eigenvalue weighted by molar-refractivity contribution is 0.211. The van der Waals surface area contributed by atoms with Crippen LogP contribution < -0.4 is 10.1 Å². The summed E-state index contributed by atoms with van der Waals surface area (Å²) in [4.78, 5) is 0.